The maximum atomic E-state index is 6.04. The Kier molecular flexibility index (Phi) is 6.27. The number of fused-ring (bicyclic) bond motifs is 1. The van der Waals surface area contributed by atoms with Crippen molar-refractivity contribution < 1.29 is 9.31 Å². The highest BCUT2D eigenvalue weighted by Gasteiger charge is 2.51. The summed E-state index contributed by atoms with van der Waals surface area (Å²) in [6, 6.07) is 8.31. The summed E-state index contributed by atoms with van der Waals surface area (Å²) in [6.07, 6.45) is 1.94. The molecule has 1 aromatic heterocycles. The number of benzene rings is 1. The average Bonchev–Trinajstić information content (AvgIpc) is 3.05. The van der Waals surface area contributed by atoms with E-state index in [4.69, 9.17) is 9.31 Å². The van der Waals surface area contributed by atoms with Crippen LogP contribution in [0.1, 0.15) is 55.4 Å². The Labute approximate surface area is 135 Å². The van der Waals surface area contributed by atoms with Crippen molar-refractivity contribution in [1.29, 1.82) is 0 Å². The van der Waals surface area contributed by atoms with Gasteiger partial charge in [-0.25, -0.2) is 0 Å². The van der Waals surface area contributed by atoms with Crippen molar-refractivity contribution in [2.45, 2.75) is 66.6 Å². The number of hydrogen-bond donors (Lipinski definition) is 1. The lowest BCUT2D eigenvalue weighted by molar-refractivity contribution is 0.00578. The molecule has 0 radical (unpaired) electrons. The van der Waals surface area contributed by atoms with Crippen LogP contribution in [-0.4, -0.2) is 23.3 Å². The summed E-state index contributed by atoms with van der Waals surface area (Å²) in [6.45, 7) is 16.3. The normalized spacial score (nSPS) is 18.3. The van der Waals surface area contributed by atoms with Crippen LogP contribution in [0.5, 0.6) is 0 Å². The van der Waals surface area contributed by atoms with E-state index in [0.717, 1.165) is 11.0 Å². The Balaban J connectivity index is 0.000000561. The minimum atomic E-state index is -0.289. The molecule has 0 aliphatic carbocycles. The summed E-state index contributed by atoms with van der Waals surface area (Å²) in [4.78, 5) is 3.21. The molecule has 0 spiro atoms. The first-order chi connectivity index (χ1) is 10.4. The van der Waals surface area contributed by atoms with E-state index < -0.39 is 0 Å². The van der Waals surface area contributed by atoms with E-state index in [2.05, 4.69) is 56.9 Å². The van der Waals surface area contributed by atoms with Crippen LogP contribution in [-0.2, 0) is 9.31 Å². The zero-order valence-electron chi connectivity index (χ0n) is 15.3. The van der Waals surface area contributed by atoms with Crippen molar-refractivity contribution in [3.8, 4) is 0 Å². The molecule has 1 aliphatic heterocycles. The van der Waals surface area contributed by atoms with E-state index >= 15 is 0 Å². The van der Waals surface area contributed by atoms with Gasteiger partial charge in [-0.15, -0.1) is 0 Å². The van der Waals surface area contributed by atoms with Gasteiger partial charge in [0.05, 0.1) is 11.2 Å². The summed E-state index contributed by atoms with van der Waals surface area (Å²) >= 11 is 0. The number of aromatic amines is 1. The fourth-order valence-electron chi connectivity index (χ4n) is 2.19. The van der Waals surface area contributed by atoms with Gasteiger partial charge in [-0.2, -0.15) is 0 Å². The topological polar surface area (TPSA) is 34.2 Å². The van der Waals surface area contributed by atoms with E-state index in [1.807, 2.05) is 33.9 Å². The highest BCUT2D eigenvalue weighted by molar-refractivity contribution is 6.62. The van der Waals surface area contributed by atoms with E-state index in [-0.39, 0.29) is 18.3 Å². The molecule has 3 nitrogen and oxygen atoms in total. The first-order valence-electron chi connectivity index (χ1n) is 8.32. The Morgan fingerprint density at radius 1 is 0.864 bits per heavy atom. The minimum Gasteiger partial charge on any atom is -0.399 e. The van der Waals surface area contributed by atoms with E-state index in [9.17, 15) is 0 Å². The van der Waals surface area contributed by atoms with Gasteiger partial charge in [-0.3, -0.25) is 0 Å². The Morgan fingerprint density at radius 3 is 1.95 bits per heavy atom. The molecule has 1 aliphatic rings. The largest absolute Gasteiger partial charge is 0.494 e. The number of hydrogen-bond acceptors (Lipinski definition) is 2. The SMILES string of the molecule is CC.CC.CC1(C)OB(c2ccc3cc[nH]c3c2)OC1(C)C. The summed E-state index contributed by atoms with van der Waals surface area (Å²) in [5.41, 5.74) is 1.59. The number of aromatic nitrogens is 1. The van der Waals surface area contributed by atoms with E-state index in [1.165, 1.54) is 5.39 Å². The summed E-state index contributed by atoms with van der Waals surface area (Å²) < 4.78 is 12.1. The van der Waals surface area contributed by atoms with Crippen molar-refractivity contribution in [2.24, 2.45) is 0 Å². The summed E-state index contributed by atoms with van der Waals surface area (Å²) in [5, 5.41) is 1.20. The number of rotatable bonds is 1. The van der Waals surface area contributed by atoms with Gasteiger partial charge in [0.2, 0.25) is 0 Å². The molecular formula is C18H30BNO2. The van der Waals surface area contributed by atoms with Crippen molar-refractivity contribution in [2.75, 3.05) is 0 Å². The molecule has 1 aromatic carbocycles. The van der Waals surface area contributed by atoms with Crippen molar-refractivity contribution in [3.63, 3.8) is 0 Å². The van der Waals surface area contributed by atoms with Crippen LogP contribution in [0.2, 0.25) is 0 Å². The fraction of sp³-hybridized carbons (Fsp3) is 0.556. The molecular weight excluding hydrogens is 273 g/mol. The molecule has 3 rings (SSSR count). The highest BCUT2D eigenvalue weighted by Crippen LogP contribution is 2.36. The van der Waals surface area contributed by atoms with Gasteiger partial charge in [0.1, 0.15) is 0 Å². The molecule has 22 heavy (non-hydrogen) atoms. The highest BCUT2D eigenvalue weighted by atomic mass is 16.7. The Morgan fingerprint density at radius 2 is 1.41 bits per heavy atom. The third-order valence-corrected chi connectivity index (χ3v) is 4.10. The van der Waals surface area contributed by atoms with Gasteiger partial charge in [0, 0.05) is 11.7 Å². The van der Waals surface area contributed by atoms with Crippen LogP contribution in [0.15, 0.2) is 30.5 Å². The second-order valence-electron chi connectivity index (χ2n) is 5.91. The number of nitrogens with one attached hydrogen (secondary N) is 1. The van der Waals surface area contributed by atoms with Crippen LogP contribution in [0.25, 0.3) is 10.9 Å². The molecule has 1 N–H and O–H groups in total. The van der Waals surface area contributed by atoms with Crippen molar-refractivity contribution in [1.82, 2.24) is 4.98 Å². The Hall–Kier alpha value is -1.26. The van der Waals surface area contributed by atoms with E-state index in [0.29, 0.717) is 0 Å². The first kappa shape index (κ1) is 18.8. The average molecular weight is 303 g/mol. The lowest BCUT2D eigenvalue weighted by atomic mass is 9.79. The van der Waals surface area contributed by atoms with Gasteiger partial charge >= 0.3 is 7.12 Å². The van der Waals surface area contributed by atoms with Crippen molar-refractivity contribution >= 4 is 23.5 Å². The van der Waals surface area contributed by atoms with Crippen LogP contribution in [0.4, 0.5) is 0 Å². The van der Waals surface area contributed by atoms with Gasteiger partial charge in [0.25, 0.3) is 0 Å². The lowest BCUT2D eigenvalue weighted by Gasteiger charge is -2.32. The third kappa shape index (κ3) is 3.56. The van der Waals surface area contributed by atoms with Gasteiger partial charge in [-0.05, 0) is 50.7 Å². The van der Waals surface area contributed by atoms with E-state index in [1.54, 1.807) is 0 Å². The zero-order chi connectivity index (χ0) is 17.0. The first-order valence-corrected chi connectivity index (χ1v) is 8.32. The van der Waals surface area contributed by atoms with Crippen molar-refractivity contribution in [3.05, 3.63) is 30.5 Å². The molecule has 122 valence electrons. The standard InChI is InChI=1S/C14H18BNO2.2C2H6/c1-13(2)14(3,4)18-15(17-13)11-6-5-10-7-8-16-12(10)9-11;2*1-2/h5-9,16H,1-4H3;2*1-2H3. The molecule has 2 heterocycles. The maximum absolute atomic E-state index is 6.04. The quantitative estimate of drug-likeness (QED) is 0.786. The zero-order valence-corrected chi connectivity index (χ0v) is 15.3. The molecule has 1 saturated heterocycles. The molecule has 0 bridgehead atoms. The predicted molar refractivity (Wildman–Crippen MR) is 96.7 cm³/mol. The van der Waals surface area contributed by atoms with Gasteiger partial charge in [0.15, 0.2) is 0 Å². The molecule has 0 amide bonds. The molecule has 2 aromatic rings. The summed E-state index contributed by atoms with van der Waals surface area (Å²) in [7, 11) is -0.289. The van der Waals surface area contributed by atoms with Crippen LogP contribution in [0.3, 0.4) is 0 Å². The fourth-order valence-corrected chi connectivity index (χ4v) is 2.19. The molecule has 0 atom stereocenters. The molecule has 4 heteroatoms. The minimum absolute atomic E-state index is 0.289. The van der Waals surface area contributed by atoms with Crippen LogP contribution >= 0.6 is 0 Å². The second-order valence-corrected chi connectivity index (χ2v) is 5.91. The second kappa shape index (κ2) is 7.34. The van der Waals surface area contributed by atoms with Gasteiger partial charge in [-0.1, -0.05) is 39.8 Å². The predicted octanol–water partition coefficient (Wildman–Crippen LogP) is 4.52. The monoisotopic (exact) mass is 303 g/mol. The number of H-pyrrole nitrogens is 1. The summed E-state index contributed by atoms with van der Waals surface area (Å²) in [5.74, 6) is 0. The van der Waals surface area contributed by atoms with Crippen LogP contribution in [0, 0.1) is 0 Å². The molecule has 0 unspecified atom stereocenters. The molecule has 1 fully saturated rings. The van der Waals surface area contributed by atoms with Gasteiger partial charge < -0.3 is 14.3 Å². The molecule has 0 saturated carbocycles. The smallest absolute Gasteiger partial charge is 0.399 e. The van der Waals surface area contributed by atoms with Crippen LogP contribution < -0.4 is 5.46 Å². The maximum Gasteiger partial charge on any atom is 0.494 e. The lowest BCUT2D eigenvalue weighted by Crippen LogP contribution is -2.41. The third-order valence-electron chi connectivity index (χ3n) is 4.10. The Bertz CT molecular complexity index is 574.